The van der Waals surface area contributed by atoms with Crippen LogP contribution >= 0.6 is 0 Å². The van der Waals surface area contributed by atoms with E-state index in [-0.39, 0.29) is 11.8 Å². The average Bonchev–Trinajstić information content (AvgIpc) is 3.20. The lowest BCUT2D eigenvalue weighted by Gasteiger charge is -2.14. The number of aryl methyl sites for hydroxylation is 1. The van der Waals surface area contributed by atoms with E-state index in [9.17, 15) is 9.59 Å². The van der Waals surface area contributed by atoms with Gasteiger partial charge in [-0.1, -0.05) is 56.3 Å². The number of amides is 1. The molecule has 35 heavy (non-hydrogen) atoms. The topological polar surface area (TPSA) is 81.7 Å². The third kappa shape index (κ3) is 4.43. The minimum absolute atomic E-state index is 0.151. The minimum atomic E-state index is -0.520. The molecule has 3 aromatic carbocycles. The van der Waals surface area contributed by atoms with Crippen LogP contribution in [0.15, 0.2) is 86.4 Å². The first-order valence-electron chi connectivity index (χ1n) is 11.5. The average molecular weight is 468 g/mol. The van der Waals surface area contributed by atoms with Crippen LogP contribution in [-0.2, 0) is 11.4 Å². The van der Waals surface area contributed by atoms with E-state index in [0.717, 1.165) is 16.5 Å². The van der Waals surface area contributed by atoms with E-state index in [1.54, 1.807) is 6.07 Å². The van der Waals surface area contributed by atoms with Crippen molar-refractivity contribution in [1.82, 2.24) is 0 Å². The molecule has 0 fully saturated rings. The highest BCUT2D eigenvalue weighted by Gasteiger charge is 2.24. The Kier molecular flexibility index (Phi) is 5.87. The second kappa shape index (κ2) is 9.14. The molecule has 0 aliphatic rings. The third-order valence-corrected chi connectivity index (χ3v) is 5.80. The molecule has 0 atom stereocenters. The van der Waals surface area contributed by atoms with Gasteiger partial charge in [0.1, 0.15) is 23.5 Å². The van der Waals surface area contributed by atoms with Gasteiger partial charge in [-0.05, 0) is 42.3 Å². The van der Waals surface area contributed by atoms with E-state index in [2.05, 4.69) is 5.32 Å². The zero-order chi connectivity index (χ0) is 24.5. The molecule has 5 aromatic rings. The van der Waals surface area contributed by atoms with Gasteiger partial charge in [-0.3, -0.25) is 4.79 Å². The first-order chi connectivity index (χ1) is 16.9. The van der Waals surface area contributed by atoms with E-state index < -0.39 is 5.63 Å². The SMILES string of the molecule is Cc1cc(OCc2ccccc2)c2c(-c3oc4ccccc4c3NC(=O)C(C)C)cc(=O)oc2c1. The van der Waals surface area contributed by atoms with Crippen molar-refractivity contribution in [2.24, 2.45) is 5.92 Å². The van der Waals surface area contributed by atoms with Crippen molar-refractivity contribution in [2.75, 3.05) is 5.32 Å². The van der Waals surface area contributed by atoms with Crippen molar-refractivity contribution in [2.45, 2.75) is 27.4 Å². The minimum Gasteiger partial charge on any atom is -0.488 e. The van der Waals surface area contributed by atoms with Crippen LogP contribution in [0.1, 0.15) is 25.0 Å². The smallest absolute Gasteiger partial charge is 0.336 e. The number of benzene rings is 3. The summed E-state index contributed by atoms with van der Waals surface area (Å²) < 4.78 is 18.0. The van der Waals surface area contributed by atoms with Gasteiger partial charge in [0.15, 0.2) is 5.76 Å². The largest absolute Gasteiger partial charge is 0.488 e. The van der Waals surface area contributed by atoms with Gasteiger partial charge in [0.2, 0.25) is 5.91 Å². The van der Waals surface area contributed by atoms with Crippen molar-refractivity contribution in [3.8, 4) is 17.1 Å². The van der Waals surface area contributed by atoms with Gasteiger partial charge in [-0.15, -0.1) is 0 Å². The molecule has 0 radical (unpaired) electrons. The van der Waals surface area contributed by atoms with Crippen molar-refractivity contribution in [1.29, 1.82) is 0 Å². The van der Waals surface area contributed by atoms with E-state index in [0.29, 0.717) is 45.9 Å². The van der Waals surface area contributed by atoms with Gasteiger partial charge in [-0.2, -0.15) is 0 Å². The molecule has 5 rings (SSSR count). The van der Waals surface area contributed by atoms with E-state index in [1.807, 2.05) is 81.4 Å². The Balaban J connectivity index is 1.73. The number of anilines is 1. The molecule has 0 aliphatic carbocycles. The van der Waals surface area contributed by atoms with Crippen molar-refractivity contribution < 1.29 is 18.4 Å². The number of para-hydroxylation sites is 1. The van der Waals surface area contributed by atoms with Crippen LogP contribution in [0.2, 0.25) is 0 Å². The molecule has 0 saturated heterocycles. The molecule has 0 unspecified atom stereocenters. The third-order valence-electron chi connectivity index (χ3n) is 5.80. The summed E-state index contributed by atoms with van der Waals surface area (Å²) in [6.07, 6.45) is 0. The first-order valence-corrected chi connectivity index (χ1v) is 11.5. The van der Waals surface area contributed by atoms with Crippen LogP contribution in [0.3, 0.4) is 0 Å². The van der Waals surface area contributed by atoms with Crippen molar-refractivity contribution in [3.05, 3.63) is 94.3 Å². The second-order valence-corrected chi connectivity index (χ2v) is 8.84. The Morgan fingerprint density at radius 3 is 2.46 bits per heavy atom. The predicted molar refractivity (Wildman–Crippen MR) is 137 cm³/mol. The van der Waals surface area contributed by atoms with E-state index >= 15 is 0 Å². The van der Waals surface area contributed by atoms with Gasteiger partial charge >= 0.3 is 5.63 Å². The number of carbonyl (C=O) groups is 1. The number of rotatable bonds is 6. The van der Waals surface area contributed by atoms with E-state index in [4.69, 9.17) is 13.6 Å². The number of hydrogen-bond donors (Lipinski definition) is 1. The fourth-order valence-electron chi connectivity index (χ4n) is 4.05. The van der Waals surface area contributed by atoms with Crippen molar-refractivity contribution in [3.63, 3.8) is 0 Å². The van der Waals surface area contributed by atoms with E-state index in [1.165, 1.54) is 6.07 Å². The summed E-state index contributed by atoms with van der Waals surface area (Å²) in [4.78, 5) is 25.3. The molecular weight excluding hydrogens is 442 g/mol. The molecule has 0 aliphatic heterocycles. The number of hydrogen-bond acceptors (Lipinski definition) is 5. The number of nitrogens with one attached hydrogen (secondary N) is 1. The Labute approximate surface area is 202 Å². The zero-order valence-electron chi connectivity index (χ0n) is 19.8. The highest BCUT2D eigenvalue weighted by atomic mass is 16.5. The fourth-order valence-corrected chi connectivity index (χ4v) is 4.05. The number of ether oxygens (including phenoxy) is 1. The summed E-state index contributed by atoms with van der Waals surface area (Å²) in [5.41, 5.74) is 3.37. The Morgan fingerprint density at radius 2 is 1.69 bits per heavy atom. The molecule has 2 heterocycles. The van der Waals surface area contributed by atoms with Gasteiger partial charge in [-0.25, -0.2) is 4.79 Å². The summed E-state index contributed by atoms with van der Waals surface area (Å²) in [5, 5.41) is 4.35. The molecule has 2 aromatic heterocycles. The van der Waals surface area contributed by atoms with Gasteiger partial charge in [0.25, 0.3) is 0 Å². The molecule has 6 heteroatoms. The molecule has 1 amide bonds. The van der Waals surface area contributed by atoms with Crippen LogP contribution < -0.4 is 15.7 Å². The maximum atomic E-state index is 12.7. The number of carbonyl (C=O) groups excluding carboxylic acids is 1. The Hall–Kier alpha value is -4.32. The van der Waals surface area contributed by atoms with Gasteiger partial charge < -0.3 is 18.9 Å². The number of fused-ring (bicyclic) bond motifs is 2. The van der Waals surface area contributed by atoms with Gasteiger partial charge in [0, 0.05) is 22.9 Å². The second-order valence-electron chi connectivity index (χ2n) is 8.84. The number of furan rings is 1. The van der Waals surface area contributed by atoms with Crippen LogP contribution in [0.5, 0.6) is 5.75 Å². The molecule has 0 spiro atoms. The lowest BCUT2D eigenvalue weighted by molar-refractivity contribution is -0.118. The molecule has 1 N–H and O–H groups in total. The predicted octanol–water partition coefficient (Wildman–Crippen LogP) is 6.69. The fraction of sp³-hybridized carbons (Fsp3) is 0.172. The highest BCUT2D eigenvalue weighted by molar-refractivity contribution is 6.10. The lowest BCUT2D eigenvalue weighted by Crippen LogP contribution is -2.18. The quantitative estimate of drug-likeness (QED) is 0.281. The summed E-state index contributed by atoms with van der Waals surface area (Å²) in [7, 11) is 0. The zero-order valence-corrected chi connectivity index (χ0v) is 19.8. The first kappa shape index (κ1) is 22.5. The monoisotopic (exact) mass is 467 g/mol. The lowest BCUT2D eigenvalue weighted by atomic mass is 10.0. The van der Waals surface area contributed by atoms with Crippen LogP contribution in [0.4, 0.5) is 5.69 Å². The normalized spacial score (nSPS) is 11.3. The Bertz CT molecular complexity index is 1590. The summed E-state index contributed by atoms with van der Waals surface area (Å²) in [5.74, 6) is 0.554. The highest BCUT2D eigenvalue weighted by Crippen LogP contribution is 2.43. The van der Waals surface area contributed by atoms with Crippen molar-refractivity contribution >= 4 is 33.5 Å². The summed E-state index contributed by atoms with van der Waals surface area (Å²) in [6.45, 7) is 5.90. The maximum Gasteiger partial charge on any atom is 0.336 e. The van der Waals surface area contributed by atoms with Crippen LogP contribution in [-0.4, -0.2) is 5.91 Å². The molecule has 0 bridgehead atoms. The Morgan fingerprint density at radius 1 is 0.943 bits per heavy atom. The maximum absolute atomic E-state index is 12.7. The van der Waals surface area contributed by atoms with Crippen LogP contribution in [0.25, 0.3) is 33.3 Å². The molecule has 0 saturated carbocycles. The standard InChI is InChI=1S/C29H25NO5/c1-17(2)29(32)30-27-20-11-7-8-12-22(20)35-28(27)21-15-25(31)34-24-14-18(3)13-23(26(21)24)33-16-19-9-5-4-6-10-19/h4-15,17H,16H2,1-3H3,(H,30,32). The summed E-state index contributed by atoms with van der Waals surface area (Å²) in [6, 6.07) is 22.4. The molecule has 176 valence electrons. The van der Waals surface area contributed by atoms with Gasteiger partial charge in [0.05, 0.1) is 11.1 Å². The molecule has 6 nitrogen and oxygen atoms in total. The summed E-state index contributed by atoms with van der Waals surface area (Å²) >= 11 is 0. The molecular formula is C29H25NO5. The van der Waals surface area contributed by atoms with Crippen LogP contribution in [0, 0.1) is 12.8 Å².